The van der Waals surface area contributed by atoms with E-state index in [9.17, 15) is 29.8 Å². The van der Waals surface area contributed by atoms with E-state index in [2.05, 4.69) is 0 Å². The molecule has 0 radical (unpaired) electrons. The highest BCUT2D eigenvalue weighted by atomic mass is 16.6. The van der Waals surface area contributed by atoms with Crippen LogP contribution in [0.5, 0.6) is 0 Å². The minimum atomic E-state index is -0.534. The summed E-state index contributed by atoms with van der Waals surface area (Å²) in [5, 5.41) is 22.4. The number of amides is 1. The van der Waals surface area contributed by atoms with Gasteiger partial charge in [0, 0.05) is 47.5 Å². The fourth-order valence-electron chi connectivity index (χ4n) is 3.67. The van der Waals surface area contributed by atoms with Gasteiger partial charge in [-0.1, -0.05) is 0 Å². The third-order valence-corrected chi connectivity index (χ3v) is 5.30. The van der Waals surface area contributed by atoms with Crippen LogP contribution in [-0.2, 0) is 17.6 Å². The van der Waals surface area contributed by atoms with Crippen molar-refractivity contribution >= 4 is 28.8 Å². The van der Waals surface area contributed by atoms with Crippen molar-refractivity contribution in [3.8, 4) is 0 Å². The number of carbonyl (C=O) groups excluding carboxylic acids is 2. The van der Waals surface area contributed by atoms with Gasteiger partial charge in [-0.2, -0.15) is 0 Å². The molecule has 1 atom stereocenters. The first-order chi connectivity index (χ1) is 14.2. The zero-order chi connectivity index (χ0) is 22.0. The van der Waals surface area contributed by atoms with E-state index < -0.39 is 9.85 Å². The molecule has 0 fully saturated rings. The van der Waals surface area contributed by atoms with Crippen molar-refractivity contribution in [2.75, 3.05) is 4.90 Å². The fourth-order valence-corrected chi connectivity index (χ4v) is 3.67. The third kappa shape index (κ3) is 4.19. The Balaban J connectivity index is 2.04. The van der Waals surface area contributed by atoms with Crippen LogP contribution in [0.15, 0.2) is 36.4 Å². The number of benzene rings is 2. The monoisotopic (exact) mass is 411 g/mol. The Morgan fingerprint density at radius 2 is 1.77 bits per heavy atom. The number of carbonyl (C=O) groups is 2. The second-order valence-electron chi connectivity index (χ2n) is 7.44. The largest absolute Gasteiger partial charge is 0.305 e. The summed E-state index contributed by atoms with van der Waals surface area (Å²) < 4.78 is 0. The summed E-state index contributed by atoms with van der Waals surface area (Å²) in [4.78, 5) is 47.6. The molecule has 1 heterocycles. The average molecular weight is 411 g/mol. The summed E-state index contributed by atoms with van der Waals surface area (Å²) in [6, 6.07) is 8.34. The minimum Gasteiger partial charge on any atom is -0.305 e. The number of nitro groups is 2. The number of non-ortho nitro benzene ring substituents is 1. The van der Waals surface area contributed by atoms with Crippen LogP contribution in [0, 0.1) is 20.2 Å². The number of rotatable bonds is 6. The van der Waals surface area contributed by atoms with Gasteiger partial charge >= 0.3 is 0 Å². The van der Waals surface area contributed by atoms with Gasteiger partial charge < -0.3 is 9.69 Å². The number of nitrogens with zero attached hydrogens (tertiary/aromatic N) is 3. The molecule has 1 amide bonds. The minimum absolute atomic E-state index is 0.0488. The Bertz CT molecular complexity index is 1030. The molecule has 0 unspecified atom stereocenters. The zero-order valence-electron chi connectivity index (χ0n) is 16.7. The van der Waals surface area contributed by atoms with Crippen molar-refractivity contribution in [1.82, 2.24) is 0 Å². The van der Waals surface area contributed by atoms with Crippen LogP contribution in [-0.4, -0.2) is 27.6 Å². The molecular formula is C21H21N3O6. The average Bonchev–Trinajstić information content (AvgIpc) is 2.71. The summed E-state index contributed by atoms with van der Waals surface area (Å²) >= 11 is 0. The van der Waals surface area contributed by atoms with Crippen molar-refractivity contribution in [3.63, 3.8) is 0 Å². The molecule has 2 aromatic carbocycles. The van der Waals surface area contributed by atoms with Gasteiger partial charge in [0.2, 0.25) is 0 Å². The molecular weight excluding hydrogens is 390 g/mol. The normalized spacial score (nSPS) is 15.4. The van der Waals surface area contributed by atoms with E-state index in [1.54, 1.807) is 11.0 Å². The molecule has 3 rings (SSSR count). The van der Waals surface area contributed by atoms with Gasteiger partial charge in [-0.15, -0.1) is 0 Å². The number of ketones is 1. The first kappa shape index (κ1) is 21.1. The van der Waals surface area contributed by atoms with Gasteiger partial charge in [0.25, 0.3) is 17.3 Å². The van der Waals surface area contributed by atoms with Crippen LogP contribution >= 0.6 is 0 Å². The predicted molar refractivity (Wildman–Crippen MR) is 110 cm³/mol. The number of hydrogen-bond donors (Lipinski definition) is 0. The molecule has 156 valence electrons. The van der Waals surface area contributed by atoms with E-state index >= 15 is 0 Å². The van der Waals surface area contributed by atoms with Crippen LogP contribution in [0.3, 0.4) is 0 Å². The Hall–Kier alpha value is -3.62. The van der Waals surface area contributed by atoms with Crippen LogP contribution in [0.2, 0.25) is 0 Å². The van der Waals surface area contributed by atoms with E-state index in [1.165, 1.54) is 37.3 Å². The van der Waals surface area contributed by atoms with Crippen molar-refractivity contribution in [2.24, 2.45) is 0 Å². The van der Waals surface area contributed by atoms with Crippen LogP contribution in [0.4, 0.5) is 17.1 Å². The molecule has 0 saturated carbocycles. The first-order valence-electron chi connectivity index (χ1n) is 9.56. The number of fused-ring (bicyclic) bond motifs is 1. The van der Waals surface area contributed by atoms with Gasteiger partial charge in [0.15, 0.2) is 0 Å². The lowest BCUT2D eigenvalue weighted by Gasteiger charge is -2.35. The highest BCUT2D eigenvalue weighted by molar-refractivity contribution is 6.07. The van der Waals surface area contributed by atoms with Gasteiger partial charge in [0.1, 0.15) is 5.78 Å². The molecule has 30 heavy (non-hydrogen) atoms. The number of Topliss-reactive ketones (excluding diaryl/α,β-unsaturated/α-hetero) is 1. The van der Waals surface area contributed by atoms with Gasteiger partial charge in [-0.05, 0) is 56.9 Å². The second kappa shape index (κ2) is 8.40. The lowest BCUT2D eigenvalue weighted by atomic mass is 9.92. The molecule has 1 aliphatic rings. The highest BCUT2D eigenvalue weighted by Gasteiger charge is 2.32. The summed E-state index contributed by atoms with van der Waals surface area (Å²) in [7, 11) is 0. The summed E-state index contributed by atoms with van der Waals surface area (Å²) in [6.07, 6.45) is 1.61. The van der Waals surface area contributed by atoms with Crippen LogP contribution in [0.25, 0.3) is 0 Å². The topological polar surface area (TPSA) is 124 Å². The molecule has 0 N–H and O–H groups in total. The molecule has 9 nitrogen and oxygen atoms in total. The Morgan fingerprint density at radius 3 is 2.33 bits per heavy atom. The maximum atomic E-state index is 13.2. The quantitative estimate of drug-likeness (QED) is 0.523. The molecule has 1 aliphatic heterocycles. The van der Waals surface area contributed by atoms with E-state index in [-0.39, 0.29) is 41.9 Å². The van der Waals surface area contributed by atoms with Crippen molar-refractivity contribution in [3.05, 3.63) is 73.3 Å². The smallest absolute Gasteiger partial charge is 0.273 e. The SMILES string of the molecule is CC(=O)CCc1cc2c(cc1[N+](=O)[O-])CC[C@@H](C)N2C(=O)c1ccc([N+](=O)[O-])cc1. The second-order valence-corrected chi connectivity index (χ2v) is 7.44. The lowest BCUT2D eigenvalue weighted by molar-refractivity contribution is -0.385. The summed E-state index contributed by atoms with van der Waals surface area (Å²) in [5.74, 6) is -0.404. The molecule has 0 aromatic heterocycles. The van der Waals surface area contributed by atoms with Crippen LogP contribution < -0.4 is 4.90 Å². The Morgan fingerprint density at radius 1 is 1.10 bits per heavy atom. The number of hydrogen-bond acceptors (Lipinski definition) is 6. The Kier molecular flexibility index (Phi) is 5.91. The van der Waals surface area contributed by atoms with Gasteiger partial charge in [0.05, 0.1) is 9.85 Å². The number of aryl methyl sites for hydroxylation is 2. The van der Waals surface area contributed by atoms with Crippen LogP contribution in [0.1, 0.15) is 48.2 Å². The van der Waals surface area contributed by atoms with Gasteiger partial charge in [-0.3, -0.25) is 25.0 Å². The van der Waals surface area contributed by atoms with Crippen molar-refractivity contribution in [1.29, 1.82) is 0 Å². The predicted octanol–water partition coefficient (Wildman–Crippen LogP) is 4.01. The lowest BCUT2D eigenvalue weighted by Crippen LogP contribution is -2.42. The molecule has 0 aliphatic carbocycles. The zero-order valence-corrected chi connectivity index (χ0v) is 16.7. The van der Waals surface area contributed by atoms with Crippen molar-refractivity contribution < 1.29 is 19.4 Å². The molecule has 2 aromatic rings. The van der Waals surface area contributed by atoms with E-state index in [1.807, 2.05) is 6.92 Å². The molecule has 0 saturated heterocycles. The maximum Gasteiger partial charge on any atom is 0.273 e. The summed E-state index contributed by atoms with van der Waals surface area (Å²) in [5.41, 5.74) is 1.82. The molecule has 0 bridgehead atoms. The number of anilines is 1. The fraction of sp³-hybridized carbons (Fsp3) is 0.333. The third-order valence-electron chi connectivity index (χ3n) is 5.30. The summed E-state index contributed by atoms with van der Waals surface area (Å²) in [6.45, 7) is 3.32. The van der Waals surface area contributed by atoms with E-state index in [0.29, 0.717) is 35.2 Å². The van der Waals surface area contributed by atoms with Crippen molar-refractivity contribution in [2.45, 2.75) is 45.6 Å². The van der Waals surface area contributed by atoms with Gasteiger partial charge in [-0.25, -0.2) is 0 Å². The maximum absolute atomic E-state index is 13.2. The first-order valence-corrected chi connectivity index (χ1v) is 9.56. The number of nitro benzene ring substituents is 2. The van der Waals surface area contributed by atoms with E-state index in [0.717, 1.165) is 0 Å². The molecule has 9 heteroatoms. The Labute approximate surface area is 172 Å². The van der Waals surface area contributed by atoms with E-state index in [4.69, 9.17) is 0 Å². The standard InChI is InChI=1S/C21H21N3O6/c1-13-3-5-16-12-20(24(29)30)17(6-4-14(2)25)11-19(16)22(13)21(26)15-7-9-18(10-8-15)23(27)28/h7-13H,3-6H2,1-2H3/t13-/m1/s1. The molecule has 0 spiro atoms. The highest BCUT2D eigenvalue weighted by Crippen LogP contribution is 2.37.